The lowest BCUT2D eigenvalue weighted by Gasteiger charge is -2.14. The molecular weight excluding hydrogens is 298 g/mol. The number of halogens is 1. The van der Waals surface area contributed by atoms with Crippen LogP contribution in [0.15, 0.2) is 17.0 Å². The molecule has 1 aliphatic rings. The van der Waals surface area contributed by atoms with Crippen LogP contribution in [0.4, 0.5) is 0 Å². The van der Waals surface area contributed by atoms with Crippen molar-refractivity contribution < 1.29 is 13.5 Å². The molecule has 1 fully saturated rings. The van der Waals surface area contributed by atoms with Gasteiger partial charge in [0.25, 0.3) is 0 Å². The van der Waals surface area contributed by atoms with Crippen molar-refractivity contribution in [3.8, 4) is 0 Å². The Kier molecular flexibility index (Phi) is 5.07. The fourth-order valence-electron chi connectivity index (χ4n) is 2.67. The molecule has 112 valence electrons. The molecule has 0 saturated heterocycles. The molecule has 0 aromatic heterocycles. The lowest BCUT2D eigenvalue weighted by Crippen LogP contribution is -2.29. The van der Waals surface area contributed by atoms with Gasteiger partial charge in [0.2, 0.25) is 10.0 Å². The monoisotopic (exact) mass is 317 g/mol. The number of aliphatic hydroxyl groups is 1. The first-order valence-electron chi connectivity index (χ1n) is 6.83. The molecule has 0 bridgehead atoms. The van der Waals surface area contributed by atoms with Gasteiger partial charge in [0.1, 0.15) is 0 Å². The van der Waals surface area contributed by atoms with Gasteiger partial charge in [0.15, 0.2) is 0 Å². The summed E-state index contributed by atoms with van der Waals surface area (Å²) in [4.78, 5) is 0.159. The maximum atomic E-state index is 12.4. The van der Waals surface area contributed by atoms with E-state index in [0.717, 1.165) is 12.8 Å². The zero-order valence-corrected chi connectivity index (χ0v) is 13.1. The normalized spacial score (nSPS) is 16.8. The summed E-state index contributed by atoms with van der Waals surface area (Å²) in [5.41, 5.74) is 1.09. The van der Waals surface area contributed by atoms with E-state index in [1.165, 1.54) is 18.9 Å². The molecule has 1 aromatic rings. The van der Waals surface area contributed by atoms with Crippen LogP contribution in [-0.2, 0) is 16.6 Å². The molecule has 2 N–H and O–H groups in total. The summed E-state index contributed by atoms with van der Waals surface area (Å²) in [6, 6.07) is 3.03. The molecule has 4 nitrogen and oxygen atoms in total. The zero-order valence-electron chi connectivity index (χ0n) is 11.5. The first kappa shape index (κ1) is 15.8. The number of hydrogen-bond donors (Lipinski definition) is 2. The number of nitrogens with one attached hydrogen (secondary N) is 1. The lowest BCUT2D eigenvalue weighted by molar-refractivity contribution is 0.280. The van der Waals surface area contributed by atoms with Crippen molar-refractivity contribution in [3.05, 3.63) is 28.3 Å². The number of aliphatic hydroxyl groups excluding tert-OH is 1. The third kappa shape index (κ3) is 3.52. The minimum Gasteiger partial charge on any atom is -0.392 e. The highest BCUT2D eigenvalue weighted by Crippen LogP contribution is 2.26. The molecule has 1 aromatic carbocycles. The predicted octanol–water partition coefficient (Wildman–Crippen LogP) is 2.61. The van der Waals surface area contributed by atoms with E-state index in [9.17, 15) is 13.5 Å². The Balaban J connectivity index is 2.22. The smallest absolute Gasteiger partial charge is 0.240 e. The minimum absolute atomic E-state index is 0.159. The Bertz CT molecular complexity index is 580. The second kappa shape index (κ2) is 6.43. The summed E-state index contributed by atoms with van der Waals surface area (Å²) >= 11 is 5.93. The maximum Gasteiger partial charge on any atom is 0.240 e. The Morgan fingerprint density at radius 3 is 2.60 bits per heavy atom. The van der Waals surface area contributed by atoms with Gasteiger partial charge < -0.3 is 5.11 Å². The van der Waals surface area contributed by atoms with Gasteiger partial charge in [-0.25, -0.2) is 13.1 Å². The number of sulfonamides is 1. The van der Waals surface area contributed by atoms with E-state index in [0.29, 0.717) is 28.6 Å². The molecule has 0 heterocycles. The fraction of sp³-hybridized carbons (Fsp3) is 0.571. The summed E-state index contributed by atoms with van der Waals surface area (Å²) in [5.74, 6) is 0.432. The van der Waals surface area contributed by atoms with Crippen LogP contribution in [0.1, 0.15) is 36.8 Å². The fourth-order valence-corrected chi connectivity index (χ4v) is 4.40. The van der Waals surface area contributed by atoms with Gasteiger partial charge in [-0.1, -0.05) is 24.4 Å². The molecule has 1 saturated carbocycles. The van der Waals surface area contributed by atoms with E-state index >= 15 is 0 Å². The van der Waals surface area contributed by atoms with Gasteiger partial charge in [-0.05, 0) is 48.9 Å². The van der Waals surface area contributed by atoms with Crippen molar-refractivity contribution in [1.82, 2.24) is 4.72 Å². The van der Waals surface area contributed by atoms with Crippen LogP contribution >= 0.6 is 11.6 Å². The van der Waals surface area contributed by atoms with E-state index in [-0.39, 0.29) is 11.5 Å². The molecule has 0 unspecified atom stereocenters. The summed E-state index contributed by atoms with van der Waals surface area (Å²) in [5, 5.41) is 9.58. The maximum absolute atomic E-state index is 12.4. The highest BCUT2D eigenvalue weighted by molar-refractivity contribution is 7.89. The first-order valence-corrected chi connectivity index (χ1v) is 8.69. The highest BCUT2D eigenvalue weighted by atomic mass is 35.5. The number of rotatable bonds is 5. The Hall–Kier alpha value is -0.620. The van der Waals surface area contributed by atoms with Crippen LogP contribution in [0.25, 0.3) is 0 Å². The van der Waals surface area contributed by atoms with Gasteiger partial charge in [0.05, 0.1) is 11.5 Å². The van der Waals surface area contributed by atoms with Crippen molar-refractivity contribution in [1.29, 1.82) is 0 Å². The molecule has 2 rings (SSSR count). The highest BCUT2D eigenvalue weighted by Gasteiger charge is 2.22. The molecule has 0 spiro atoms. The SMILES string of the molecule is Cc1c(CO)cc(Cl)cc1S(=O)(=O)NCC1CCCC1. The van der Waals surface area contributed by atoms with Gasteiger partial charge in [-0.3, -0.25) is 0 Å². The van der Waals surface area contributed by atoms with Crippen molar-refractivity contribution in [2.24, 2.45) is 5.92 Å². The topological polar surface area (TPSA) is 66.4 Å². The first-order chi connectivity index (χ1) is 9.44. The molecular formula is C14H20ClNO3S. The second-order valence-electron chi connectivity index (χ2n) is 5.35. The third-order valence-electron chi connectivity index (χ3n) is 3.93. The largest absolute Gasteiger partial charge is 0.392 e. The van der Waals surface area contributed by atoms with Crippen molar-refractivity contribution in [2.75, 3.05) is 6.54 Å². The Labute approximate surface area is 125 Å². The summed E-state index contributed by atoms with van der Waals surface area (Å²) in [6.07, 6.45) is 4.52. The Morgan fingerprint density at radius 2 is 2.00 bits per heavy atom. The summed E-state index contributed by atoms with van der Waals surface area (Å²) in [7, 11) is -3.58. The van der Waals surface area contributed by atoms with Crippen LogP contribution in [-0.4, -0.2) is 20.1 Å². The summed E-state index contributed by atoms with van der Waals surface area (Å²) < 4.78 is 27.4. The van der Waals surface area contributed by atoms with Gasteiger partial charge in [0, 0.05) is 11.6 Å². The standard InChI is InChI=1S/C14H20ClNO3S/c1-10-12(9-17)6-13(15)7-14(10)20(18,19)16-8-11-4-2-3-5-11/h6-7,11,16-17H,2-5,8-9H2,1H3. The van der Waals surface area contributed by atoms with Crippen molar-refractivity contribution in [3.63, 3.8) is 0 Å². The number of benzene rings is 1. The minimum atomic E-state index is -3.58. The molecule has 20 heavy (non-hydrogen) atoms. The van der Waals surface area contributed by atoms with E-state index in [2.05, 4.69) is 4.72 Å². The van der Waals surface area contributed by atoms with Crippen LogP contribution in [0.3, 0.4) is 0 Å². The van der Waals surface area contributed by atoms with Crippen LogP contribution in [0.5, 0.6) is 0 Å². The number of hydrogen-bond acceptors (Lipinski definition) is 3. The lowest BCUT2D eigenvalue weighted by atomic mass is 10.1. The average Bonchev–Trinajstić information content (AvgIpc) is 2.92. The quantitative estimate of drug-likeness (QED) is 0.877. The summed E-state index contributed by atoms with van der Waals surface area (Å²) in [6.45, 7) is 1.94. The van der Waals surface area contributed by atoms with Crippen molar-refractivity contribution in [2.45, 2.75) is 44.1 Å². The van der Waals surface area contributed by atoms with Gasteiger partial charge in [-0.2, -0.15) is 0 Å². The molecule has 0 atom stereocenters. The van der Waals surface area contributed by atoms with E-state index in [4.69, 9.17) is 11.6 Å². The Morgan fingerprint density at radius 1 is 1.35 bits per heavy atom. The van der Waals surface area contributed by atoms with Crippen LogP contribution in [0.2, 0.25) is 5.02 Å². The van der Waals surface area contributed by atoms with Gasteiger partial charge in [-0.15, -0.1) is 0 Å². The van der Waals surface area contributed by atoms with E-state index in [1.54, 1.807) is 13.0 Å². The predicted molar refractivity (Wildman–Crippen MR) is 79.3 cm³/mol. The zero-order chi connectivity index (χ0) is 14.8. The average molecular weight is 318 g/mol. The second-order valence-corrected chi connectivity index (χ2v) is 7.52. The molecule has 0 aliphatic heterocycles. The van der Waals surface area contributed by atoms with Crippen LogP contribution < -0.4 is 4.72 Å². The van der Waals surface area contributed by atoms with E-state index < -0.39 is 10.0 Å². The third-order valence-corrected chi connectivity index (χ3v) is 5.70. The molecule has 1 aliphatic carbocycles. The van der Waals surface area contributed by atoms with E-state index in [1.807, 2.05) is 0 Å². The van der Waals surface area contributed by atoms with Gasteiger partial charge >= 0.3 is 0 Å². The van der Waals surface area contributed by atoms with Crippen LogP contribution in [0, 0.1) is 12.8 Å². The van der Waals surface area contributed by atoms with Crippen molar-refractivity contribution >= 4 is 21.6 Å². The molecule has 0 radical (unpaired) electrons. The molecule has 0 amide bonds. The molecule has 6 heteroatoms.